The molecule has 100 valence electrons. The van der Waals surface area contributed by atoms with Crippen LogP contribution in [0.5, 0.6) is 0 Å². The highest BCUT2D eigenvalue weighted by Gasteiger charge is 2.39. The molecule has 3 heteroatoms. The van der Waals surface area contributed by atoms with Gasteiger partial charge in [-0.05, 0) is 18.8 Å². The van der Waals surface area contributed by atoms with Crippen LogP contribution in [0, 0.1) is 5.92 Å². The number of rotatable bonds is 7. The Morgan fingerprint density at radius 3 is 2.53 bits per heavy atom. The number of carbonyl (C=O) groups excluding carboxylic acids is 1. The van der Waals surface area contributed by atoms with E-state index in [0.29, 0.717) is 11.8 Å². The molecule has 17 heavy (non-hydrogen) atoms. The van der Waals surface area contributed by atoms with Crippen LogP contribution in [0.4, 0.5) is 0 Å². The Balaban J connectivity index is 2.58. The van der Waals surface area contributed by atoms with Gasteiger partial charge in [0.2, 0.25) is 5.91 Å². The molecule has 3 atom stereocenters. The lowest BCUT2D eigenvalue weighted by molar-refractivity contribution is -0.131. The van der Waals surface area contributed by atoms with Crippen LogP contribution >= 0.6 is 0 Å². The van der Waals surface area contributed by atoms with Gasteiger partial charge in [0.05, 0.1) is 12.2 Å². The first-order valence-corrected chi connectivity index (χ1v) is 7.22. The van der Waals surface area contributed by atoms with E-state index in [2.05, 4.69) is 37.9 Å². The topological polar surface area (TPSA) is 32.3 Å². The molecule has 1 rings (SSSR count). The van der Waals surface area contributed by atoms with Crippen molar-refractivity contribution in [1.82, 2.24) is 10.2 Å². The number of amides is 1. The first kappa shape index (κ1) is 14.5. The van der Waals surface area contributed by atoms with Gasteiger partial charge in [-0.25, -0.2) is 0 Å². The first-order valence-electron chi connectivity index (χ1n) is 7.22. The maximum absolute atomic E-state index is 12.3. The summed E-state index contributed by atoms with van der Waals surface area (Å²) < 4.78 is 0. The number of nitrogens with one attached hydrogen (secondary N) is 1. The molecule has 0 aromatic carbocycles. The van der Waals surface area contributed by atoms with Gasteiger partial charge >= 0.3 is 0 Å². The van der Waals surface area contributed by atoms with Crippen molar-refractivity contribution in [3.63, 3.8) is 0 Å². The minimum Gasteiger partial charge on any atom is -0.326 e. The van der Waals surface area contributed by atoms with Gasteiger partial charge in [-0.3, -0.25) is 10.1 Å². The summed E-state index contributed by atoms with van der Waals surface area (Å²) in [4.78, 5) is 14.4. The molecule has 0 aromatic heterocycles. The largest absolute Gasteiger partial charge is 0.326 e. The summed E-state index contributed by atoms with van der Waals surface area (Å²) in [6, 6.07) is 0.0478. The Kier molecular flexibility index (Phi) is 5.96. The lowest BCUT2D eigenvalue weighted by Gasteiger charge is -2.22. The summed E-state index contributed by atoms with van der Waals surface area (Å²) >= 11 is 0. The summed E-state index contributed by atoms with van der Waals surface area (Å²) in [7, 11) is 0. The van der Waals surface area contributed by atoms with Crippen molar-refractivity contribution in [2.45, 2.75) is 72.0 Å². The molecule has 0 aromatic rings. The van der Waals surface area contributed by atoms with Gasteiger partial charge in [-0.15, -0.1) is 0 Å². The van der Waals surface area contributed by atoms with E-state index in [9.17, 15) is 4.79 Å². The third-order valence-electron chi connectivity index (χ3n) is 3.90. The molecule has 1 aliphatic rings. The van der Waals surface area contributed by atoms with Gasteiger partial charge in [0.1, 0.15) is 0 Å². The van der Waals surface area contributed by atoms with Crippen molar-refractivity contribution in [2.75, 3.05) is 6.54 Å². The van der Waals surface area contributed by atoms with E-state index in [1.807, 2.05) is 0 Å². The average Bonchev–Trinajstić information content (AvgIpc) is 2.66. The minimum absolute atomic E-state index is 0.0478. The van der Waals surface area contributed by atoms with Crippen LogP contribution in [-0.2, 0) is 4.79 Å². The molecule has 1 heterocycles. The molecule has 0 spiro atoms. The fourth-order valence-electron chi connectivity index (χ4n) is 2.48. The summed E-state index contributed by atoms with van der Waals surface area (Å²) in [5.41, 5.74) is 0. The van der Waals surface area contributed by atoms with Crippen molar-refractivity contribution in [3.8, 4) is 0 Å². The highest BCUT2D eigenvalue weighted by molar-refractivity contribution is 5.84. The number of unbranched alkanes of at least 4 members (excludes halogenated alkanes) is 2. The predicted octanol–water partition coefficient (Wildman–Crippen LogP) is 2.76. The average molecular weight is 240 g/mol. The Morgan fingerprint density at radius 1 is 1.29 bits per heavy atom. The van der Waals surface area contributed by atoms with Crippen LogP contribution < -0.4 is 5.32 Å². The van der Waals surface area contributed by atoms with Gasteiger partial charge in [0.25, 0.3) is 0 Å². The van der Waals surface area contributed by atoms with Crippen LogP contribution in [0.15, 0.2) is 0 Å². The standard InChI is InChI=1S/C14H28N2O/c1-5-8-9-10-16-12(7-3)15-13(14(16)17)11(4)6-2/h11-13,15H,5-10H2,1-4H3. The van der Waals surface area contributed by atoms with Crippen molar-refractivity contribution in [3.05, 3.63) is 0 Å². The molecule has 0 bridgehead atoms. The first-order chi connectivity index (χ1) is 8.15. The number of nitrogens with zero attached hydrogens (tertiary/aromatic N) is 1. The van der Waals surface area contributed by atoms with Crippen LogP contribution in [0.1, 0.15) is 59.8 Å². The summed E-state index contributed by atoms with van der Waals surface area (Å²) in [6.45, 7) is 9.59. The van der Waals surface area contributed by atoms with Gasteiger partial charge in [-0.1, -0.05) is 47.0 Å². The van der Waals surface area contributed by atoms with Gasteiger partial charge < -0.3 is 4.90 Å². The number of hydrogen-bond acceptors (Lipinski definition) is 2. The zero-order valence-corrected chi connectivity index (χ0v) is 11.8. The van der Waals surface area contributed by atoms with E-state index in [1.165, 1.54) is 12.8 Å². The van der Waals surface area contributed by atoms with Crippen LogP contribution in [-0.4, -0.2) is 29.6 Å². The third kappa shape index (κ3) is 3.44. The maximum atomic E-state index is 12.3. The molecule has 1 amide bonds. The van der Waals surface area contributed by atoms with E-state index in [1.54, 1.807) is 0 Å². The smallest absolute Gasteiger partial charge is 0.241 e. The van der Waals surface area contributed by atoms with E-state index < -0.39 is 0 Å². The van der Waals surface area contributed by atoms with E-state index in [0.717, 1.165) is 25.8 Å². The number of carbonyl (C=O) groups is 1. The summed E-state index contributed by atoms with van der Waals surface area (Å²) in [5.74, 6) is 0.759. The molecule has 0 aliphatic carbocycles. The molecule has 0 radical (unpaired) electrons. The summed E-state index contributed by atoms with van der Waals surface area (Å²) in [5, 5.41) is 3.49. The molecule has 3 unspecified atom stereocenters. The van der Waals surface area contributed by atoms with Gasteiger partial charge in [0.15, 0.2) is 0 Å². The molecule has 1 saturated heterocycles. The SMILES string of the molecule is CCCCCN1C(=O)C(C(C)CC)NC1CC. The normalized spacial score (nSPS) is 26.6. The quantitative estimate of drug-likeness (QED) is 0.694. The van der Waals surface area contributed by atoms with E-state index in [4.69, 9.17) is 0 Å². The van der Waals surface area contributed by atoms with Crippen LogP contribution in [0.2, 0.25) is 0 Å². The predicted molar refractivity (Wildman–Crippen MR) is 71.7 cm³/mol. The maximum Gasteiger partial charge on any atom is 0.241 e. The summed E-state index contributed by atoms with van der Waals surface area (Å²) in [6.07, 6.45) is 5.88. The highest BCUT2D eigenvalue weighted by Crippen LogP contribution is 2.21. The highest BCUT2D eigenvalue weighted by atomic mass is 16.2. The fourth-order valence-corrected chi connectivity index (χ4v) is 2.48. The minimum atomic E-state index is 0.0478. The molecular weight excluding hydrogens is 212 g/mol. The number of hydrogen-bond donors (Lipinski definition) is 1. The van der Waals surface area contributed by atoms with Crippen LogP contribution in [0.3, 0.4) is 0 Å². The Hall–Kier alpha value is -0.570. The Bertz CT molecular complexity index is 242. The zero-order valence-electron chi connectivity index (χ0n) is 11.8. The second-order valence-electron chi connectivity index (χ2n) is 5.19. The fraction of sp³-hybridized carbons (Fsp3) is 0.929. The van der Waals surface area contributed by atoms with Crippen LogP contribution in [0.25, 0.3) is 0 Å². The molecule has 0 saturated carbocycles. The third-order valence-corrected chi connectivity index (χ3v) is 3.90. The molecule has 1 N–H and O–H groups in total. The van der Waals surface area contributed by atoms with Crippen molar-refractivity contribution in [2.24, 2.45) is 5.92 Å². The van der Waals surface area contributed by atoms with Crippen molar-refractivity contribution in [1.29, 1.82) is 0 Å². The molecule has 3 nitrogen and oxygen atoms in total. The van der Waals surface area contributed by atoms with E-state index in [-0.39, 0.29) is 12.2 Å². The second kappa shape index (κ2) is 7.00. The second-order valence-corrected chi connectivity index (χ2v) is 5.19. The van der Waals surface area contributed by atoms with E-state index >= 15 is 0 Å². The monoisotopic (exact) mass is 240 g/mol. The molecule has 1 fully saturated rings. The zero-order chi connectivity index (χ0) is 12.8. The van der Waals surface area contributed by atoms with Gasteiger partial charge in [-0.2, -0.15) is 0 Å². The molecular formula is C14H28N2O. The lowest BCUT2D eigenvalue weighted by atomic mass is 9.99. The lowest BCUT2D eigenvalue weighted by Crippen LogP contribution is -2.37. The van der Waals surface area contributed by atoms with Crippen molar-refractivity contribution < 1.29 is 4.79 Å². The molecule has 1 aliphatic heterocycles. The Labute approximate surface area is 106 Å². The van der Waals surface area contributed by atoms with Gasteiger partial charge in [0, 0.05) is 6.54 Å². The Morgan fingerprint density at radius 2 is 2.00 bits per heavy atom. The van der Waals surface area contributed by atoms with Crippen molar-refractivity contribution >= 4 is 5.91 Å².